The number of hydrogen-bond donors (Lipinski definition) is 2. The molecule has 0 radical (unpaired) electrons. The zero-order chi connectivity index (χ0) is 14.1. The van der Waals surface area contributed by atoms with Gasteiger partial charge in [-0.15, -0.1) is 0 Å². The lowest BCUT2D eigenvalue weighted by Gasteiger charge is -2.29. The molecule has 1 amide bonds. The molecule has 1 saturated heterocycles. The van der Waals surface area contributed by atoms with Crippen molar-refractivity contribution in [3.05, 3.63) is 0 Å². The van der Waals surface area contributed by atoms with E-state index in [0.29, 0.717) is 12.5 Å². The number of amides is 1. The summed E-state index contributed by atoms with van der Waals surface area (Å²) in [4.78, 5) is 14.4. The van der Waals surface area contributed by atoms with E-state index in [1.54, 1.807) is 0 Å². The van der Waals surface area contributed by atoms with Crippen LogP contribution in [-0.4, -0.2) is 43.5 Å². The lowest BCUT2D eigenvalue weighted by molar-refractivity contribution is -0.124. The van der Waals surface area contributed by atoms with Gasteiger partial charge in [0.15, 0.2) is 0 Å². The predicted molar refractivity (Wildman–Crippen MR) is 79.9 cm³/mol. The molecule has 0 aromatic heterocycles. The van der Waals surface area contributed by atoms with Crippen LogP contribution in [0.1, 0.15) is 46.0 Å². The normalized spacial score (nSPS) is 19.9. The molecule has 0 spiro atoms. The molecule has 112 valence electrons. The van der Waals surface area contributed by atoms with Crippen LogP contribution in [0.2, 0.25) is 0 Å². The van der Waals surface area contributed by atoms with Gasteiger partial charge in [-0.1, -0.05) is 20.3 Å². The van der Waals surface area contributed by atoms with Crippen LogP contribution in [0.5, 0.6) is 0 Å². The fourth-order valence-corrected chi connectivity index (χ4v) is 2.65. The molecular formula is C15H31N3O. The first kappa shape index (κ1) is 16.4. The quantitative estimate of drug-likeness (QED) is 0.703. The van der Waals surface area contributed by atoms with Crippen molar-refractivity contribution in [3.8, 4) is 0 Å². The largest absolute Gasteiger partial charge is 0.356 e. The third-order valence-corrected chi connectivity index (χ3v) is 3.93. The monoisotopic (exact) mass is 269 g/mol. The Bertz CT molecular complexity index is 252. The Kier molecular flexibility index (Phi) is 8.07. The summed E-state index contributed by atoms with van der Waals surface area (Å²) in [5.74, 6) is 0.799. The fourth-order valence-electron chi connectivity index (χ4n) is 2.65. The summed E-state index contributed by atoms with van der Waals surface area (Å²) >= 11 is 0. The molecule has 0 aliphatic carbocycles. The summed E-state index contributed by atoms with van der Waals surface area (Å²) in [6.45, 7) is 9.23. The van der Waals surface area contributed by atoms with Crippen LogP contribution in [0.4, 0.5) is 0 Å². The summed E-state index contributed by atoms with van der Waals surface area (Å²) in [5, 5.41) is 3.07. The van der Waals surface area contributed by atoms with Crippen molar-refractivity contribution < 1.29 is 4.79 Å². The van der Waals surface area contributed by atoms with Crippen molar-refractivity contribution in [2.24, 2.45) is 17.6 Å². The molecule has 1 rings (SSSR count). The molecule has 0 saturated carbocycles. The second-order valence-electron chi connectivity index (χ2n) is 6.04. The number of nitrogens with one attached hydrogen (secondary N) is 1. The summed E-state index contributed by atoms with van der Waals surface area (Å²) in [7, 11) is 0. The van der Waals surface area contributed by atoms with E-state index >= 15 is 0 Å². The summed E-state index contributed by atoms with van der Waals surface area (Å²) < 4.78 is 0. The molecule has 0 aromatic carbocycles. The fraction of sp³-hybridized carbons (Fsp3) is 0.933. The van der Waals surface area contributed by atoms with E-state index in [0.717, 1.165) is 25.9 Å². The standard InChI is InChI=1S/C15H31N3O/c1-13(12-18-9-4-3-5-10-18)11-17-15(19)14(2)7-6-8-16/h13-14H,3-12,16H2,1-2H3,(H,17,19). The molecule has 1 heterocycles. The molecule has 4 heteroatoms. The van der Waals surface area contributed by atoms with Crippen LogP contribution in [0.15, 0.2) is 0 Å². The van der Waals surface area contributed by atoms with Gasteiger partial charge in [0.1, 0.15) is 0 Å². The SMILES string of the molecule is CC(CNC(=O)C(C)CCCN)CN1CCCCC1. The number of nitrogens with zero attached hydrogens (tertiary/aromatic N) is 1. The Morgan fingerprint density at radius 2 is 1.95 bits per heavy atom. The van der Waals surface area contributed by atoms with E-state index in [9.17, 15) is 4.79 Å². The van der Waals surface area contributed by atoms with Gasteiger partial charge < -0.3 is 16.0 Å². The van der Waals surface area contributed by atoms with Crippen LogP contribution in [0.3, 0.4) is 0 Å². The maximum absolute atomic E-state index is 11.9. The molecule has 1 aliphatic heterocycles. The lowest BCUT2D eigenvalue weighted by Crippen LogP contribution is -2.39. The molecule has 0 aromatic rings. The lowest BCUT2D eigenvalue weighted by atomic mass is 10.0. The van der Waals surface area contributed by atoms with E-state index in [1.165, 1.54) is 32.4 Å². The molecule has 2 atom stereocenters. The van der Waals surface area contributed by atoms with Gasteiger partial charge >= 0.3 is 0 Å². The van der Waals surface area contributed by atoms with Crippen LogP contribution < -0.4 is 11.1 Å². The van der Waals surface area contributed by atoms with E-state index in [4.69, 9.17) is 5.73 Å². The molecule has 1 fully saturated rings. The Morgan fingerprint density at radius 1 is 1.26 bits per heavy atom. The summed E-state index contributed by atoms with van der Waals surface area (Å²) in [5.41, 5.74) is 5.47. The summed E-state index contributed by atoms with van der Waals surface area (Å²) in [6.07, 6.45) is 5.85. The van der Waals surface area contributed by atoms with Gasteiger partial charge in [-0.2, -0.15) is 0 Å². The van der Waals surface area contributed by atoms with Crippen molar-refractivity contribution in [1.82, 2.24) is 10.2 Å². The highest BCUT2D eigenvalue weighted by Crippen LogP contribution is 2.11. The highest BCUT2D eigenvalue weighted by molar-refractivity contribution is 5.78. The predicted octanol–water partition coefficient (Wildman–Crippen LogP) is 1.60. The smallest absolute Gasteiger partial charge is 0.222 e. The third kappa shape index (κ3) is 6.92. The number of likely N-dealkylation sites (tertiary alicyclic amines) is 1. The average molecular weight is 269 g/mol. The number of nitrogens with two attached hydrogens (primary N) is 1. The number of carbonyl (C=O) groups is 1. The Hall–Kier alpha value is -0.610. The van der Waals surface area contributed by atoms with Crippen molar-refractivity contribution in [2.75, 3.05) is 32.7 Å². The van der Waals surface area contributed by atoms with Crippen LogP contribution in [0, 0.1) is 11.8 Å². The van der Waals surface area contributed by atoms with E-state index < -0.39 is 0 Å². The maximum atomic E-state index is 11.9. The first-order valence-electron chi connectivity index (χ1n) is 7.83. The van der Waals surface area contributed by atoms with Gasteiger partial charge in [-0.05, 0) is 51.2 Å². The first-order valence-corrected chi connectivity index (χ1v) is 7.83. The van der Waals surface area contributed by atoms with Crippen LogP contribution in [0.25, 0.3) is 0 Å². The maximum Gasteiger partial charge on any atom is 0.222 e. The number of carbonyl (C=O) groups excluding carboxylic acids is 1. The van der Waals surface area contributed by atoms with Gasteiger partial charge in [-0.25, -0.2) is 0 Å². The van der Waals surface area contributed by atoms with Gasteiger partial charge in [0.25, 0.3) is 0 Å². The molecule has 2 unspecified atom stereocenters. The van der Waals surface area contributed by atoms with E-state index in [-0.39, 0.29) is 11.8 Å². The average Bonchev–Trinajstić information content (AvgIpc) is 2.43. The Labute approximate surface area is 118 Å². The highest BCUT2D eigenvalue weighted by Gasteiger charge is 2.16. The second kappa shape index (κ2) is 9.32. The topological polar surface area (TPSA) is 58.4 Å². The second-order valence-corrected chi connectivity index (χ2v) is 6.04. The van der Waals surface area contributed by atoms with Gasteiger partial charge in [0.2, 0.25) is 5.91 Å². The first-order chi connectivity index (χ1) is 9.13. The van der Waals surface area contributed by atoms with Crippen molar-refractivity contribution >= 4 is 5.91 Å². The van der Waals surface area contributed by atoms with Crippen LogP contribution >= 0.6 is 0 Å². The zero-order valence-electron chi connectivity index (χ0n) is 12.7. The van der Waals surface area contributed by atoms with Gasteiger partial charge in [-0.3, -0.25) is 4.79 Å². The van der Waals surface area contributed by atoms with Crippen molar-refractivity contribution in [3.63, 3.8) is 0 Å². The van der Waals surface area contributed by atoms with Gasteiger partial charge in [0.05, 0.1) is 0 Å². The Balaban J connectivity index is 2.14. The minimum atomic E-state index is 0.0886. The third-order valence-electron chi connectivity index (χ3n) is 3.93. The molecule has 1 aliphatic rings. The zero-order valence-corrected chi connectivity index (χ0v) is 12.7. The minimum absolute atomic E-state index is 0.0886. The number of piperidine rings is 1. The highest BCUT2D eigenvalue weighted by atomic mass is 16.1. The number of rotatable bonds is 8. The van der Waals surface area contributed by atoms with Crippen LogP contribution in [-0.2, 0) is 4.79 Å². The van der Waals surface area contributed by atoms with Gasteiger partial charge in [0, 0.05) is 19.0 Å². The molecule has 3 N–H and O–H groups in total. The number of hydrogen-bond acceptors (Lipinski definition) is 3. The van der Waals surface area contributed by atoms with E-state index in [2.05, 4.69) is 17.1 Å². The molecule has 0 bridgehead atoms. The van der Waals surface area contributed by atoms with Crippen molar-refractivity contribution in [1.29, 1.82) is 0 Å². The van der Waals surface area contributed by atoms with Crippen molar-refractivity contribution in [2.45, 2.75) is 46.0 Å². The minimum Gasteiger partial charge on any atom is -0.356 e. The molecule has 4 nitrogen and oxygen atoms in total. The molecular weight excluding hydrogens is 238 g/mol. The summed E-state index contributed by atoms with van der Waals surface area (Å²) in [6, 6.07) is 0. The van der Waals surface area contributed by atoms with E-state index in [1.807, 2.05) is 6.92 Å². The Morgan fingerprint density at radius 3 is 2.58 bits per heavy atom. The molecule has 19 heavy (non-hydrogen) atoms.